The number of rotatable bonds is 14. The van der Waals surface area contributed by atoms with Crippen LogP contribution >= 0.6 is 0 Å². The lowest BCUT2D eigenvalue weighted by molar-refractivity contribution is -0.182. The summed E-state index contributed by atoms with van der Waals surface area (Å²) < 4.78 is 0. The van der Waals surface area contributed by atoms with E-state index >= 15 is 0 Å². The van der Waals surface area contributed by atoms with E-state index in [-0.39, 0.29) is 26.0 Å². The Kier molecular flexibility index (Phi) is 10.0. The summed E-state index contributed by atoms with van der Waals surface area (Å²) in [5.41, 5.74) is 3.10. The van der Waals surface area contributed by atoms with Crippen LogP contribution in [0, 0.1) is 5.92 Å². The van der Waals surface area contributed by atoms with Gasteiger partial charge in [0.15, 0.2) is 0 Å². The molecule has 0 fully saturated rings. The van der Waals surface area contributed by atoms with Crippen molar-refractivity contribution in [1.29, 1.82) is 0 Å². The van der Waals surface area contributed by atoms with Gasteiger partial charge < -0.3 is 10.4 Å². The van der Waals surface area contributed by atoms with Crippen molar-refractivity contribution < 1.29 is 24.3 Å². The third-order valence-corrected chi connectivity index (χ3v) is 6.94. The van der Waals surface area contributed by atoms with E-state index in [4.69, 9.17) is 4.84 Å². The Bertz CT molecular complexity index is 1410. The minimum absolute atomic E-state index is 0.0519. The van der Waals surface area contributed by atoms with Crippen molar-refractivity contribution in [3.63, 3.8) is 0 Å². The number of hydrogen-bond donors (Lipinski definition) is 2. The molecule has 0 spiro atoms. The van der Waals surface area contributed by atoms with Crippen molar-refractivity contribution in [3.8, 4) is 11.1 Å². The lowest BCUT2D eigenvalue weighted by Crippen LogP contribution is -2.56. The van der Waals surface area contributed by atoms with E-state index in [1.54, 1.807) is 0 Å². The highest BCUT2D eigenvalue weighted by Crippen LogP contribution is 2.22. The number of amides is 2. The molecule has 0 bridgehead atoms. The molecule has 0 heterocycles. The van der Waals surface area contributed by atoms with Crippen molar-refractivity contribution >= 4 is 18.3 Å². The van der Waals surface area contributed by atoms with Crippen LogP contribution < -0.4 is 5.32 Å². The molecule has 2 atom stereocenters. The van der Waals surface area contributed by atoms with Crippen LogP contribution in [0.15, 0.2) is 115 Å². The van der Waals surface area contributed by atoms with E-state index in [9.17, 15) is 19.5 Å². The quantitative estimate of drug-likeness (QED) is 0.164. The topological polar surface area (TPSA) is 95.9 Å². The summed E-state index contributed by atoms with van der Waals surface area (Å²) >= 11 is 0. The van der Waals surface area contributed by atoms with Gasteiger partial charge in [-0.3, -0.25) is 14.4 Å². The molecule has 0 radical (unpaired) electrons. The lowest BCUT2D eigenvalue weighted by atomic mass is 9.90. The fourth-order valence-corrected chi connectivity index (χ4v) is 4.61. The van der Waals surface area contributed by atoms with Crippen LogP contribution in [0.2, 0.25) is 0 Å². The summed E-state index contributed by atoms with van der Waals surface area (Å²) in [6.45, 7) is 1.60. The molecule has 0 aromatic heterocycles. The molecule has 7 heteroatoms. The van der Waals surface area contributed by atoms with E-state index in [2.05, 4.69) is 5.32 Å². The highest BCUT2D eigenvalue weighted by molar-refractivity contribution is 5.88. The Labute approximate surface area is 240 Å². The van der Waals surface area contributed by atoms with Gasteiger partial charge >= 0.3 is 5.97 Å². The number of benzene rings is 4. The van der Waals surface area contributed by atoms with Gasteiger partial charge in [0.25, 0.3) is 0 Å². The van der Waals surface area contributed by atoms with Gasteiger partial charge in [-0.2, -0.15) is 0 Å². The maximum Gasteiger partial charge on any atom is 0.329 e. The van der Waals surface area contributed by atoms with Gasteiger partial charge in [0.05, 0.1) is 12.5 Å². The van der Waals surface area contributed by atoms with Gasteiger partial charge in [0.1, 0.15) is 12.1 Å². The number of carboxylic acids is 1. The summed E-state index contributed by atoms with van der Waals surface area (Å²) in [5.74, 6) is -2.39. The molecule has 4 aromatic rings. The maximum atomic E-state index is 13.7. The number of carbonyl (C=O) groups excluding carboxylic acids is 2. The molecule has 7 nitrogen and oxygen atoms in total. The first kappa shape index (κ1) is 29.2. The van der Waals surface area contributed by atoms with Gasteiger partial charge in [-0.05, 0) is 41.2 Å². The smallest absolute Gasteiger partial charge is 0.329 e. The van der Waals surface area contributed by atoms with E-state index in [1.807, 2.05) is 115 Å². The summed E-state index contributed by atoms with van der Waals surface area (Å²) in [7, 11) is 0. The Morgan fingerprint density at radius 1 is 0.805 bits per heavy atom. The first-order chi connectivity index (χ1) is 19.9. The maximum absolute atomic E-state index is 13.7. The molecule has 1 unspecified atom stereocenters. The molecule has 0 saturated carbocycles. The zero-order valence-corrected chi connectivity index (χ0v) is 23.0. The standard InChI is InChI=1S/C34H34N2O5/c1-34(33(39)40,22-27-11-5-2-6-12-27)35-32(38)31(23-36(25-37)41-24-28-13-7-3-8-14-28)21-26-17-19-30(20-18-26)29-15-9-4-10-16-29/h2-20,25,31H,21-24H2,1H3,(H,35,38)(H,39,40)/t31?,34-/m0/s1. The zero-order valence-electron chi connectivity index (χ0n) is 23.0. The van der Waals surface area contributed by atoms with E-state index in [1.165, 1.54) is 6.92 Å². The molecular formula is C34H34N2O5. The van der Waals surface area contributed by atoms with Crippen LogP contribution in [0.5, 0.6) is 0 Å². The third-order valence-electron chi connectivity index (χ3n) is 6.94. The highest BCUT2D eigenvalue weighted by Gasteiger charge is 2.37. The van der Waals surface area contributed by atoms with Gasteiger partial charge in [-0.15, -0.1) is 0 Å². The second-order valence-electron chi connectivity index (χ2n) is 10.2. The molecule has 2 amide bonds. The van der Waals surface area contributed by atoms with Crippen LogP contribution in [-0.2, 0) is 38.7 Å². The third kappa shape index (κ3) is 8.37. The van der Waals surface area contributed by atoms with E-state index < -0.39 is 23.3 Å². The van der Waals surface area contributed by atoms with E-state index in [0.717, 1.165) is 32.9 Å². The molecule has 0 saturated heterocycles. The first-order valence-electron chi connectivity index (χ1n) is 13.5. The van der Waals surface area contributed by atoms with Crippen LogP contribution in [0.1, 0.15) is 23.6 Å². The van der Waals surface area contributed by atoms with Crippen LogP contribution in [0.4, 0.5) is 0 Å². The average Bonchev–Trinajstić information content (AvgIpc) is 3.00. The Balaban J connectivity index is 1.54. The van der Waals surface area contributed by atoms with Gasteiger partial charge in [0.2, 0.25) is 12.3 Å². The fraction of sp³-hybridized carbons (Fsp3) is 0.206. The number of nitrogens with zero attached hydrogens (tertiary/aromatic N) is 1. The van der Waals surface area contributed by atoms with Crippen LogP contribution in [-0.4, -0.2) is 40.5 Å². The molecule has 0 aliphatic carbocycles. The van der Waals surface area contributed by atoms with Crippen molar-refractivity contribution in [2.45, 2.75) is 31.9 Å². The Morgan fingerprint density at radius 2 is 1.34 bits per heavy atom. The SMILES string of the molecule is C[C@@](Cc1ccccc1)(NC(=O)C(Cc1ccc(-c2ccccc2)cc1)CN(C=O)OCc1ccccc1)C(=O)O. The van der Waals surface area contributed by atoms with Crippen molar-refractivity contribution in [3.05, 3.63) is 132 Å². The molecule has 4 rings (SSSR count). The number of hydroxylamine groups is 2. The highest BCUT2D eigenvalue weighted by atomic mass is 16.7. The molecule has 4 aromatic carbocycles. The summed E-state index contributed by atoms with van der Waals surface area (Å²) in [6.07, 6.45) is 0.929. The predicted octanol–water partition coefficient (Wildman–Crippen LogP) is 5.30. The minimum Gasteiger partial charge on any atom is -0.480 e. The molecule has 2 N–H and O–H groups in total. The second kappa shape index (κ2) is 14.1. The van der Waals surface area contributed by atoms with Gasteiger partial charge in [0, 0.05) is 6.42 Å². The van der Waals surface area contributed by atoms with Gasteiger partial charge in [-0.1, -0.05) is 115 Å². The largest absolute Gasteiger partial charge is 0.480 e. The first-order valence-corrected chi connectivity index (χ1v) is 13.5. The van der Waals surface area contributed by atoms with E-state index in [0.29, 0.717) is 6.41 Å². The van der Waals surface area contributed by atoms with Crippen LogP contribution in [0.3, 0.4) is 0 Å². The summed E-state index contributed by atoms with van der Waals surface area (Å²) in [6, 6.07) is 36.4. The second-order valence-corrected chi connectivity index (χ2v) is 10.2. The summed E-state index contributed by atoms with van der Waals surface area (Å²) in [5, 5.41) is 14.0. The molecular weight excluding hydrogens is 516 g/mol. The van der Waals surface area contributed by atoms with Crippen LogP contribution in [0.25, 0.3) is 11.1 Å². The molecule has 210 valence electrons. The molecule has 41 heavy (non-hydrogen) atoms. The summed E-state index contributed by atoms with van der Waals surface area (Å²) in [4.78, 5) is 43.7. The number of hydrogen-bond acceptors (Lipinski definition) is 4. The van der Waals surface area contributed by atoms with Crippen molar-refractivity contribution in [1.82, 2.24) is 10.4 Å². The average molecular weight is 551 g/mol. The number of carboxylic acid groups (broad SMARTS) is 1. The van der Waals surface area contributed by atoms with Crippen molar-refractivity contribution in [2.75, 3.05) is 6.54 Å². The number of nitrogens with one attached hydrogen (secondary N) is 1. The monoisotopic (exact) mass is 550 g/mol. The Morgan fingerprint density at radius 3 is 1.90 bits per heavy atom. The fourth-order valence-electron chi connectivity index (χ4n) is 4.61. The predicted molar refractivity (Wildman–Crippen MR) is 157 cm³/mol. The number of carbonyl (C=O) groups is 3. The lowest BCUT2D eigenvalue weighted by Gasteiger charge is -2.30. The number of aliphatic carboxylic acids is 1. The van der Waals surface area contributed by atoms with Gasteiger partial charge in [-0.25, -0.2) is 9.86 Å². The molecule has 0 aliphatic rings. The van der Waals surface area contributed by atoms with Crippen molar-refractivity contribution in [2.24, 2.45) is 5.92 Å². The Hall–Kier alpha value is -4.75. The normalized spacial score (nSPS) is 13.0. The molecule has 0 aliphatic heterocycles. The minimum atomic E-state index is -1.55. The zero-order chi connectivity index (χ0) is 29.1.